The summed E-state index contributed by atoms with van der Waals surface area (Å²) in [7, 11) is 1.51. The van der Waals surface area contributed by atoms with Crippen LogP contribution in [0, 0.1) is 0 Å². The highest BCUT2D eigenvalue weighted by Crippen LogP contribution is 2.30. The van der Waals surface area contributed by atoms with Crippen molar-refractivity contribution in [2.24, 2.45) is 5.10 Å². The third-order valence-corrected chi connectivity index (χ3v) is 3.38. The van der Waals surface area contributed by atoms with Gasteiger partial charge < -0.3 is 14.6 Å². The van der Waals surface area contributed by atoms with Crippen LogP contribution in [0.5, 0.6) is 17.2 Å². The van der Waals surface area contributed by atoms with Gasteiger partial charge in [0.2, 0.25) is 0 Å². The number of para-hydroxylation sites is 2. The minimum atomic E-state index is -0.482. The minimum absolute atomic E-state index is 0.0924. The molecule has 2 aromatic carbocycles. The van der Waals surface area contributed by atoms with Crippen LogP contribution >= 0.6 is 23.2 Å². The summed E-state index contributed by atoms with van der Waals surface area (Å²) < 4.78 is 10.5. The van der Waals surface area contributed by atoms with E-state index in [1.165, 1.54) is 25.5 Å². The van der Waals surface area contributed by atoms with E-state index in [0.717, 1.165) is 0 Å². The molecule has 1 amide bonds. The first-order valence-electron chi connectivity index (χ1n) is 6.77. The van der Waals surface area contributed by atoms with Gasteiger partial charge in [-0.15, -0.1) is 0 Å². The van der Waals surface area contributed by atoms with Crippen molar-refractivity contribution in [3.63, 3.8) is 0 Å². The van der Waals surface area contributed by atoms with Gasteiger partial charge in [-0.3, -0.25) is 4.79 Å². The van der Waals surface area contributed by atoms with Crippen molar-refractivity contribution in [3.05, 3.63) is 52.0 Å². The third-order valence-electron chi connectivity index (χ3n) is 2.88. The van der Waals surface area contributed by atoms with Gasteiger partial charge in [-0.2, -0.15) is 5.10 Å². The number of amides is 1. The quantitative estimate of drug-likeness (QED) is 0.605. The molecule has 0 bridgehead atoms. The van der Waals surface area contributed by atoms with Crippen molar-refractivity contribution in [2.45, 2.75) is 0 Å². The van der Waals surface area contributed by atoms with Gasteiger partial charge in [-0.1, -0.05) is 35.3 Å². The van der Waals surface area contributed by atoms with E-state index < -0.39 is 5.91 Å². The number of benzene rings is 2. The second kappa shape index (κ2) is 8.42. The zero-order valence-electron chi connectivity index (χ0n) is 12.6. The smallest absolute Gasteiger partial charge is 0.277 e. The molecular formula is C16H14Cl2N2O4. The maximum Gasteiger partial charge on any atom is 0.277 e. The molecule has 0 aliphatic heterocycles. The molecule has 2 N–H and O–H groups in total. The number of phenolic OH excluding ortho intramolecular Hbond substituents is 1. The molecule has 8 heteroatoms. The monoisotopic (exact) mass is 368 g/mol. The number of nitrogens with one attached hydrogen (secondary N) is 1. The van der Waals surface area contributed by atoms with Gasteiger partial charge in [0.05, 0.1) is 18.3 Å². The summed E-state index contributed by atoms with van der Waals surface area (Å²) in [5, 5.41) is 13.9. The minimum Gasteiger partial charge on any atom is -0.506 e. The zero-order valence-corrected chi connectivity index (χ0v) is 14.1. The number of aromatic hydroxyl groups is 1. The molecule has 0 aliphatic rings. The lowest BCUT2D eigenvalue weighted by Crippen LogP contribution is -2.24. The average Bonchev–Trinajstić information content (AvgIpc) is 2.57. The Kier molecular flexibility index (Phi) is 6.28. The maximum atomic E-state index is 11.7. The number of halogens is 2. The molecule has 0 saturated carbocycles. The summed E-state index contributed by atoms with van der Waals surface area (Å²) in [6, 6.07) is 9.82. The average molecular weight is 369 g/mol. The number of hydrogen-bond donors (Lipinski definition) is 2. The molecule has 0 spiro atoms. The Balaban J connectivity index is 1.92. The topological polar surface area (TPSA) is 80.2 Å². The lowest BCUT2D eigenvalue weighted by molar-refractivity contribution is -0.123. The predicted octanol–water partition coefficient (Wildman–Crippen LogP) is 3.24. The van der Waals surface area contributed by atoms with E-state index in [1.807, 2.05) is 0 Å². The Morgan fingerprint density at radius 3 is 2.71 bits per heavy atom. The van der Waals surface area contributed by atoms with E-state index in [-0.39, 0.29) is 22.9 Å². The van der Waals surface area contributed by atoms with Gasteiger partial charge in [0, 0.05) is 10.6 Å². The van der Waals surface area contributed by atoms with Gasteiger partial charge in [-0.25, -0.2) is 5.43 Å². The number of ether oxygens (including phenoxy) is 2. The third kappa shape index (κ3) is 4.78. The van der Waals surface area contributed by atoms with Crippen molar-refractivity contribution in [1.29, 1.82) is 0 Å². The van der Waals surface area contributed by atoms with Crippen LogP contribution in [0.25, 0.3) is 0 Å². The second-order valence-corrected chi connectivity index (χ2v) is 5.40. The number of rotatable bonds is 6. The fourth-order valence-corrected chi connectivity index (χ4v) is 2.28. The standard InChI is InChI=1S/C16H14Cl2N2O4/c1-23-13-4-2-3-5-14(13)24-9-15(21)20-19-8-10-6-11(17)7-12(18)16(10)22/h2-8,22H,9H2,1H3,(H,20,21)/b19-8+. The Hall–Kier alpha value is -2.44. The van der Waals surface area contributed by atoms with E-state index >= 15 is 0 Å². The van der Waals surface area contributed by atoms with Crippen LogP contribution < -0.4 is 14.9 Å². The lowest BCUT2D eigenvalue weighted by atomic mass is 10.2. The highest BCUT2D eigenvalue weighted by atomic mass is 35.5. The molecule has 24 heavy (non-hydrogen) atoms. The Labute approximate surface area is 148 Å². The summed E-state index contributed by atoms with van der Waals surface area (Å²) in [5.41, 5.74) is 2.55. The van der Waals surface area contributed by atoms with E-state index in [1.54, 1.807) is 24.3 Å². The summed E-state index contributed by atoms with van der Waals surface area (Å²) in [6.45, 7) is -0.250. The molecule has 0 atom stereocenters. The van der Waals surface area contributed by atoms with Crippen LogP contribution in [-0.2, 0) is 4.79 Å². The first-order valence-corrected chi connectivity index (χ1v) is 7.52. The van der Waals surface area contributed by atoms with Crippen molar-refractivity contribution in [2.75, 3.05) is 13.7 Å². The number of methoxy groups -OCH3 is 1. The first-order chi connectivity index (χ1) is 11.5. The molecule has 0 unspecified atom stereocenters. The predicted molar refractivity (Wildman–Crippen MR) is 92.4 cm³/mol. The first kappa shape index (κ1) is 17.9. The van der Waals surface area contributed by atoms with Gasteiger partial charge in [-0.05, 0) is 24.3 Å². The molecule has 6 nitrogen and oxygen atoms in total. The SMILES string of the molecule is COc1ccccc1OCC(=O)N/N=C/c1cc(Cl)cc(Cl)c1O. The number of phenols is 1. The van der Waals surface area contributed by atoms with Crippen LogP contribution in [0.15, 0.2) is 41.5 Å². The normalized spacial score (nSPS) is 10.6. The van der Waals surface area contributed by atoms with Crippen LogP contribution in [0.3, 0.4) is 0 Å². The second-order valence-electron chi connectivity index (χ2n) is 4.56. The molecular weight excluding hydrogens is 355 g/mol. The molecule has 0 heterocycles. The van der Waals surface area contributed by atoms with Crippen LogP contribution in [0.4, 0.5) is 0 Å². The Morgan fingerprint density at radius 2 is 2.00 bits per heavy atom. The van der Waals surface area contributed by atoms with E-state index in [2.05, 4.69) is 10.5 Å². The summed E-state index contributed by atoms with van der Waals surface area (Å²) >= 11 is 11.6. The van der Waals surface area contributed by atoms with Crippen LogP contribution in [0.1, 0.15) is 5.56 Å². The molecule has 0 fully saturated rings. The van der Waals surface area contributed by atoms with Crippen LogP contribution in [0.2, 0.25) is 10.0 Å². The fourth-order valence-electron chi connectivity index (χ4n) is 1.77. The molecule has 0 aromatic heterocycles. The number of nitrogens with zero attached hydrogens (tertiary/aromatic N) is 1. The molecule has 126 valence electrons. The van der Waals surface area contributed by atoms with Crippen molar-refractivity contribution in [1.82, 2.24) is 5.43 Å². The van der Waals surface area contributed by atoms with Crippen molar-refractivity contribution < 1.29 is 19.4 Å². The van der Waals surface area contributed by atoms with Crippen LogP contribution in [-0.4, -0.2) is 30.9 Å². The Bertz CT molecular complexity index is 766. The van der Waals surface area contributed by atoms with Gasteiger partial charge in [0.1, 0.15) is 5.75 Å². The molecule has 2 rings (SSSR count). The summed E-state index contributed by atoms with van der Waals surface area (Å²) in [4.78, 5) is 11.7. The number of hydrazone groups is 1. The van der Waals surface area contributed by atoms with E-state index in [9.17, 15) is 9.90 Å². The van der Waals surface area contributed by atoms with Gasteiger partial charge in [0.15, 0.2) is 18.1 Å². The number of carbonyl (C=O) groups excluding carboxylic acids is 1. The zero-order chi connectivity index (χ0) is 17.5. The Morgan fingerprint density at radius 1 is 1.29 bits per heavy atom. The van der Waals surface area contributed by atoms with Crippen molar-refractivity contribution in [3.8, 4) is 17.2 Å². The highest BCUT2D eigenvalue weighted by Gasteiger charge is 2.08. The van der Waals surface area contributed by atoms with Gasteiger partial charge in [0.25, 0.3) is 5.91 Å². The molecule has 0 aliphatic carbocycles. The summed E-state index contributed by atoms with van der Waals surface area (Å²) in [6.07, 6.45) is 1.23. The van der Waals surface area contributed by atoms with E-state index in [0.29, 0.717) is 16.5 Å². The van der Waals surface area contributed by atoms with Gasteiger partial charge >= 0.3 is 0 Å². The molecule has 0 saturated heterocycles. The highest BCUT2D eigenvalue weighted by molar-refractivity contribution is 6.36. The van der Waals surface area contributed by atoms with Crippen molar-refractivity contribution >= 4 is 35.3 Å². The number of carbonyl (C=O) groups is 1. The molecule has 0 radical (unpaired) electrons. The largest absolute Gasteiger partial charge is 0.506 e. The van der Waals surface area contributed by atoms with E-state index in [4.69, 9.17) is 32.7 Å². The summed E-state index contributed by atoms with van der Waals surface area (Å²) in [5.74, 6) is 0.305. The molecule has 2 aromatic rings. The fraction of sp³-hybridized carbons (Fsp3) is 0.125. The number of hydrogen-bond acceptors (Lipinski definition) is 5. The maximum absolute atomic E-state index is 11.7. The lowest BCUT2D eigenvalue weighted by Gasteiger charge is -2.09.